The van der Waals surface area contributed by atoms with Gasteiger partial charge in [-0.25, -0.2) is 14.2 Å². The zero-order chi connectivity index (χ0) is 29.1. The maximum atomic E-state index is 13.1. The topological polar surface area (TPSA) is 130 Å². The molecule has 1 atom stereocenters. The van der Waals surface area contributed by atoms with E-state index < -0.39 is 53.1 Å². The van der Waals surface area contributed by atoms with Crippen LogP contribution in [0.3, 0.4) is 0 Å². The molecule has 39 heavy (non-hydrogen) atoms. The largest absolute Gasteiger partial charge is 0.464 e. The van der Waals surface area contributed by atoms with Crippen LogP contribution in [0.4, 0.5) is 22.8 Å². The first kappa shape index (κ1) is 29.8. The minimum Gasteiger partial charge on any atom is -0.464 e. The number of nitrogens with one attached hydrogen (secondary N) is 2. The molecule has 1 aromatic carbocycles. The van der Waals surface area contributed by atoms with Gasteiger partial charge in [-0.1, -0.05) is 17.7 Å². The highest BCUT2D eigenvalue weighted by Crippen LogP contribution is 2.32. The Labute approximate surface area is 227 Å². The number of likely N-dealkylation sites (tertiary alicyclic amines) is 1. The molecule has 1 aliphatic heterocycles. The summed E-state index contributed by atoms with van der Waals surface area (Å²) in [5.41, 5.74) is -1.46. The van der Waals surface area contributed by atoms with Gasteiger partial charge in [0.25, 0.3) is 5.91 Å². The number of carbonyl (C=O) groups excluding carboxylic acids is 3. The summed E-state index contributed by atoms with van der Waals surface area (Å²) >= 11 is 6.11. The fourth-order valence-corrected chi connectivity index (χ4v) is 4.28. The van der Waals surface area contributed by atoms with Crippen molar-refractivity contribution < 1.29 is 42.2 Å². The number of carbonyl (C=O) groups is 4. The Bertz CT molecular complexity index is 1270. The average Bonchev–Trinajstić information content (AvgIpc) is 3.48. The normalized spacial score (nSPS) is 15.7. The number of aromatic nitrogens is 1. The Hall–Kier alpha value is -3.74. The number of amides is 3. The molecule has 1 aromatic heterocycles. The number of benzene rings is 1. The predicted molar refractivity (Wildman–Crippen MR) is 133 cm³/mol. The highest BCUT2D eigenvalue weighted by atomic mass is 35.5. The molecule has 0 bridgehead atoms. The fraction of sp³-hybridized carbons (Fsp3) is 0.440. The number of halogens is 4. The van der Waals surface area contributed by atoms with Crippen molar-refractivity contribution in [1.82, 2.24) is 20.1 Å². The van der Waals surface area contributed by atoms with Gasteiger partial charge in [0.2, 0.25) is 5.91 Å². The Balaban J connectivity index is 1.72. The average molecular weight is 573 g/mol. The van der Waals surface area contributed by atoms with Gasteiger partial charge in [0, 0.05) is 30.9 Å². The highest BCUT2D eigenvalue weighted by Gasteiger charge is 2.39. The maximum Gasteiger partial charge on any atom is 0.417 e. The summed E-state index contributed by atoms with van der Waals surface area (Å²) in [7, 11) is 0. The molecule has 0 spiro atoms. The molecule has 1 saturated heterocycles. The number of rotatable bonds is 6. The molecule has 10 nitrogen and oxygen atoms in total. The Morgan fingerprint density at radius 3 is 2.36 bits per heavy atom. The van der Waals surface area contributed by atoms with Crippen LogP contribution >= 0.6 is 11.6 Å². The lowest BCUT2D eigenvalue weighted by Gasteiger charge is -2.24. The standard InChI is InChI=1S/C25H28ClF3N4O6/c1-24(2,3)39-22(36)31-11-14-6-7-17(26)9-15(14)12-30-20(34)18-5-4-8-32(18)21(35)19-10-16(25(27,28)29)13-33(19)23(37)38/h6-7,9-10,13,18H,4-5,8,11-12H2,1-3H3,(H,30,34)(H,31,36)(H,37,38). The van der Waals surface area contributed by atoms with E-state index in [1.165, 1.54) is 0 Å². The van der Waals surface area contributed by atoms with Gasteiger partial charge < -0.3 is 25.4 Å². The van der Waals surface area contributed by atoms with E-state index in [0.717, 1.165) is 4.90 Å². The van der Waals surface area contributed by atoms with Crippen molar-refractivity contribution in [2.75, 3.05) is 6.54 Å². The second-order valence-electron chi connectivity index (χ2n) is 9.91. The van der Waals surface area contributed by atoms with Gasteiger partial charge in [-0.05, 0) is 62.9 Å². The number of ether oxygens (including phenoxy) is 1. The summed E-state index contributed by atoms with van der Waals surface area (Å²) in [5, 5.41) is 15.0. The molecule has 212 valence electrons. The second kappa shape index (κ2) is 11.6. The zero-order valence-corrected chi connectivity index (χ0v) is 22.2. The Kier molecular flexibility index (Phi) is 8.84. The number of alkyl carbamates (subject to hydrolysis) is 1. The molecule has 14 heteroatoms. The quantitative estimate of drug-likeness (QED) is 0.463. The molecular formula is C25H28ClF3N4O6. The molecule has 1 aliphatic rings. The molecule has 0 saturated carbocycles. The van der Waals surface area contributed by atoms with Gasteiger partial charge >= 0.3 is 18.4 Å². The van der Waals surface area contributed by atoms with Crippen LogP contribution in [0, 0.1) is 0 Å². The van der Waals surface area contributed by atoms with E-state index in [0.29, 0.717) is 34.8 Å². The van der Waals surface area contributed by atoms with Crippen molar-refractivity contribution in [3.8, 4) is 0 Å². The van der Waals surface area contributed by atoms with Crippen LogP contribution in [-0.4, -0.2) is 56.8 Å². The molecule has 3 rings (SSSR count). The number of hydrogen-bond acceptors (Lipinski definition) is 5. The first-order valence-corrected chi connectivity index (χ1v) is 12.3. The molecule has 3 N–H and O–H groups in total. The molecule has 2 aromatic rings. The number of nitrogens with zero attached hydrogens (tertiary/aromatic N) is 2. The van der Waals surface area contributed by atoms with Crippen LogP contribution < -0.4 is 10.6 Å². The summed E-state index contributed by atoms with van der Waals surface area (Å²) in [6.07, 6.45) is -6.29. The summed E-state index contributed by atoms with van der Waals surface area (Å²) in [6.45, 7) is 5.29. The van der Waals surface area contributed by atoms with E-state index in [1.807, 2.05) is 0 Å². The van der Waals surface area contributed by atoms with Gasteiger partial charge in [-0.2, -0.15) is 13.2 Å². The van der Waals surface area contributed by atoms with E-state index >= 15 is 0 Å². The molecular weight excluding hydrogens is 545 g/mol. The van der Waals surface area contributed by atoms with Crippen molar-refractivity contribution in [1.29, 1.82) is 0 Å². The van der Waals surface area contributed by atoms with Crippen molar-refractivity contribution in [3.63, 3.8) is 0 Å². The number of carboxylic acid groups (broad SMARTS) is 1. The summed E-state index contributed by atoms with van der Waals surface area (Å²) < 4.78 is 44.9. The van der Waals surface area contributed by atoms with Crippen molar-refractivity contribution in [3.05, 3.63) is 57.9 Å². The number of alkyl halides is 3. The fourth-order valence-electron chi connectivity index (χ4n) is 4.08. The van der Waals surface area contributed by atoms with Crippen LogP contribution in [0.15, 0.2) is 30.5 Å². The van der Waals surface area contributed by atoms with Gasteiger partial charge in [-0.15, -0.1) is 0 Å². The van der Waals surface area contributed by atoms with Crippen LogP contribution in [0.25, 0.3) is 0 Å². The second-order valence-corrected chi connectivity index (χ2v) is 10.3. The molecule has 0 radical (unpaired) electrons. The lowest BCUT2D eigenvalue weighted by atomic mass is 10.1. The monoisotopic (exact) mass is 572 g/mol. The van der Waals surface area contributed by atoms with E-state index in [1.54, 1.807) is 39.0 Å². The third-order valence-corrected chi connectivity index (χ3v) is 6.07. The summed E-state index contributed by atoms with van der Waals surface area (Å²) in [4.78, 5) is 50.7. The van der Waals surface area contributed by atoms with Crippen molar-refractivity contribution in [2.24, 2.45) is 0 Å². The van der Waals surface area contributed by atoms with E-state index in [9.17, 15) is 37.5 Å². The lowest BCUT2D eigenvalue weighted by Crippen LogP contribution is -2.46. The first-order valence-electron chi connectivity index (χ1n) is 11.9. The van der Waals surface area contributed by atoms with Crippen LogP contribution in [0.5, 0.6) is 0 Å². The third kappa shape index (κ3) is 7.65. The van der Waals surface area contributed by atoms with Crippen molar-refractivity contribution in [2.45, 2.75) is 64.5 Å². The zero-order valence-electron chi connectivity index (χ0n) is 21.4. The van der Waals surface area contributed by atoms with Gasteiger partial charge in [0.05, 0.1) is 5.56 Å². The van der Waals surface area contributed by atoms with Gasteiger partial charge in [0.1, 0.15) is 17.3 Å². The molecule has 1 fully saturated rings. The van der Waals surface area contributed by atoms with Crippen molar-refractivity contribution >= 4 is 35.6 Å². The molecule has 0 aliphatic carbocycles. The van der Waals surface area contributed by atoms with E-state index in [4.69, 9.17) is 16.3 Å². The van der Waals surface area contributed by atoms with E-state index in [2.05, 4.69) is 10.6 Å². The minimum absolute atomic E-state index is 0.0209. The number of hydrogen-bond donors (Lipinski definition) is 3. The van der Waals surface area contributed by atoms with Gasteiger partial charge in [0.15, 0.2) is 0 Å². The van der Waals surface area contributed by atoms with Gasteiger partial charge in [-0.3, -0.25) is 9.59 Å². The third-order valence-electron chi connectivity index (χ3n) is 5.83. The SMILES string of the molecule is CC(C)(C)OC(=O)NCc1ccc(Cl)cc1CNC(=O)C1CCCN1C(=O)c1cc(C(F)(F)F)cn1C(=O)O. The Morgan fingerprint density at radius 2 is 1.74 bits per heavy atom. The molecule has 1 unspecified atom stereocenters. The van der Waals surface area contributed by atoms with Crippen LogP contribution in [0.2, 0.25) is 5.02 Å². The van der Waals surface area contributed by atoms with E-state index in [-0.39, 0.29) is 30.6 Å². The molecule has 3 amide bonds. The van der Waals surface area contributed by atoms with Crippen LogP contribution in [0.1, 0.15) is 60.8 Å². The predicted octanol–water partition coefficient (Wildman–Crippen LogP) is 4.63. The highest BCUT2D eigenvalue weighted by molar-refractivity contribution is 6.30. The summed E-state index contributed by atoms with van der Waals surface area (Å²) in [6, 6.07) is 4.32. The smallest absolute Gasteiger partial charge is 0.417 e. The Morgan fingerprint density at radius 1 is 1.08 bits per heavy atom. The minimum atomic E-state index is -4.86. The van der Waals surface area contributed by atoms with Crippen LogP contribution in [-0.2, 0) is 28.8 Å². The summed E-state index contributed by atoms with van der Waals surface area (Å²) in [5.74, 6) is -1.58. The first-order chi connectivity index (χ1) is 18.1. The maximum absolute atomic E-state index is 13.1. The lowest BCUT2D eigenvalue weighted by molar-refractivity contribution is -0.137. The molecule has 2 heterocycles.